The smallest absolute Gasteiger partial charge is 0.407 e. The Labute approximate surface area is 199 Å². The van der Waals surface area contributed by atoms with E-state index >= 15 is 0 Å². The van der Waals surface area contributed by atoms with Gasteiger partial charge in [-0.3, -0.25) is 9.59 Å². The molecule has 0 aliphatic heterocycles. The highest BCUT2D eigenvalue weighted by Crippen LogP contribution is 2.44. The minimum Gasteiger partial charge on any atom is -0.481 e. The maximum absolute atomic E-state index is 12.6. The molecule has 0 unspecified atom stereocenters. The Hall–Kier alpha value is -3.35. The van der Waals surface area contributed by atoms with E-state index in [1.54, 1.807) is 13.8 Å². The summed E-state index contributed by atoms with van der Waals surface area (Å²) in [4.78, 5) is 36.3. The van der Waals surface area contributed by atoms with E-state index in [2.05, 4.69) is 34.9 Å². The Kier molecular flexibility index (Phi) is 6.91. The summed E-state index contributed by atoms with van der Waals surface area (Å²) in [5.74, 6) is -1.12. The van der Waals surface area contributed by atoms with Crippen LogP contribution in [0.25, 0.3) is 11.1 Å². The Morgan fingerprint density at radius 3 is 2.24 bits per heavy atom. The summed E-state index contributed by atoms with van der Waals surface area (Å²) in [6, 6.07) is 16.2. The lowest BCUT2D eigenvalue weighted by molar-refractivity contribution is -0.138. The molecule has 34 heavy (non-hydrogen) atoms. The van der Waals surface area contributed by atoms with Crippen molar-refractivity contribution in [3.05, 3.63) is 59.7 Å². The van der Waals surface area contributed by atoms with Gasteiger partial charge in [0.05, 0.1) is 6.42 Å². The number of fused-ring (bicyclic) bond motifs is 3. The molecule has 4 rings (SSSR count). The number of ether oxygens (including phenoxy) is 1. The summed E-state index contributed by atoms with van der Waals surface area (Å²) in [7, 11) is 0. The van der Waals surface area contributed by atoms with E-state index in [9.17, 15) is 14.4 Å². The summed E-state index contributed by atoms with van der Waals surface area (Å²) in [6.07, 6.45) is 2.07. The lowest BCUT2D eigenvalue weighted by Gasteiger charge is -2.27. The largest absolute Gasteiger partial charge is 0.481 e. The van der Waals surface area contributed by atoms with Gasteiger partial charge in [0.25, 0.3) is 0 Å². The van der Waals surface area contributed by atoms with Crippen LogP contribution >= 0.6 is 0 Å². The van der Waals surface area contributed by atoms with Gasteiger partial charge in [0, 0.05) is 23.9 Å². The second-order valence-electron chi connectivity index (χ2n) is 9.97. The maximum Gasteiger partial charge on any atom is 0.407 e. The van der Waals surface area contributed by atoms with Crippen molar-refractivity contribution in [1.82, 2.24) is 10.6 Å². The third-order valence-corrected chi connectivity index (χ3v) is 6.83. The normalized spacial score (nSPS) is 19.2. The van der Waals surface area contributed by atoms with Crippen LogP contribution in [0.1, 0.15) is 63.0 Å². The first-order valence-corrected chi connectivity index (χ1v) is 11.9. The molecular formula is C27H32N2O5. The number of carboxylic acid groups (broad SMARTS) is 1. The van der Waals surface area contributed by atoms with Crippen molar-refractivity contribution in [2.24, 2.45) is 5.92 Å². The van der Waals surface area contributed by atoms with Crippen molar-refractivity contribution in [2.45, 2.75) is 63.5 Å². The number of benzene rings is 2. The second-order valence-corrected chi connectivity index (χ2v) is 9.97. The Morgan fingerprint density at radius 2 is 1.62 bits per heavy atom. The molecule has 2 aromatic carbocycles. The van der Waals surface area contributed by atoms with Crippen LogP contribution in [-0.2, 0) is 14.3 Å². The quantitative estimate of drug-likeness (QED) is 0.535. The van der Waals surface area contributed by atoms with Gasteiger partial charge in [-0.15, -0.1) is 0 Å². The van der Waals surface area contributed by atoms with Gasteiger partial charge < -0.3 is 20.5 Å². The van der Waals surface area contributed by atoms with Crippen molar-refractivity contribution in [3.63, 3.8) is 0 Å². The van der Waals surface area contributed by atoms with Gasteiger partial charge in [-0.2, -0.15) is 0 Å². The number of nitrogens with one attached hydrogen (secondary N) is 2. The molecule has 2 atom stereocenters. The van der Waals surface area contributed by atoms with Crippen LogP contribution in [-0.4, -0.2) is 41.3 Å². The van der Waals surface area contributed by atoms with Gasteiger partial charge >= 0.3 is 12.1 Å². The van der Waals surface area contributed by atoms with Gasteiger partial charge in [-0.05, 0) is 54.9 Å². The molecule has 2 aliphatic carbocycles. The van der Waals surface area contributed by atoms with Crippen LogP contribution in [0.3, 0.4) is 0 Å². The number of carbonyl (C=O) groups excluding carboxylic acids is 2. The molecule has 7 heteroatoms. The van der Waals surface area contributed by atoms with Crippen molar-refractivity contribution < 1.29 is 24.2 Å². The number of hydrogen-bond acceptors (Lipinski definition) is 4. The Bertz CT molecular complexity index is 1030. The zero-order chi connectivity index (χ0) is 24.3. The van der Waals surface area contributed by atoms with Crippen molar-refractivity contribution in [3.8, 4) is 11.1 Å². The number of rotatable bonds is 8. The summed E-state index contributed by atoms with van der Waals surface area (Å²) in [5, 5.41) is 14.9. The Morgan fingerprint density at radius 1 is 1.00 bits per heavy atom. The standard InChI is InChI=1S/C27H32N2O5/c1-27(2,15-24(30)28-23-13-7-8-17(23)14-25(31)32)29-26(33)34-16-22-20-11-5-3-9-18(20)19-10-4-6-12-21(19)22/h3-6,9-12,17,22-23H,7-8,13-16H2,1-2H3,(H,28,30)(H,29,33)(H,31,32)/t17-,23+/m0/s1. The predicted octanol–water partition coefficient (Wildman–Crippen LogP) is 4.45. The molecule has 2 amide bonds. The molecule has 0 bridgehead atoms. The molecule has 3 N–H and O–H groups in total. The van der Waals surface area contributed by atoms with Crippen LogP contribution in [0.15, 0.2) is 48.5 Å². The van der Waals surface area contributed by atoms with Gasteiger partial charge in [0.1, 0.15) is 6.61 Å². The van der Waals surface area contributed by atoms with Crippen molar-refractivity contribution >= 4 is 18.0 Å². The van der Waals surface area contributed by atoms with E-state index in [0.29, 0.717) is 0 Å². The fourth-order valence-corrected chi connectivity index (χ4v) is 5.31. The highest BCUT2D eigenvalue weighted by Gasteiger charge is 2.33. The lowest BCUT2D eigenvalue weighted by Crippen LogP contribution is -2.49. The first-order chi connectivity index (χ1) is 16.2. The minimum atomic E-state index is -0.844. The first kappa shape index (κ1) is 23.8. The Balaban J connectivity index is 1.30. The summed E-state index contributed by atoms with van der Waals surface area (Å²) < 4.78 is 5.60. The predicted molar refractivity (Wildman–Crippen MR) is 128 cm³/mol. The summed E-state index contributed by atoms with van der Waals surface area (Å²) in [5.41, 5.74) is 3.80. The van der Waals surface area contributed by atoms with Crippen LogP contribution in [0.4, 0.5) is 4.79 Å². The van der Waals surface area contributed by atoms with E-state index in [4.69, 9.17) is 9.84 Å². The SMILES string of the molecule is CC(C)(CC(=O)N[C@@H]1CCC[C@H]1CC(=O)O)NC(=O)OCC1c2ccccc2-c2ccccc21. The van der Waals surface area contributed by atoms with E-state index in [1.165, 1.54) is 0 Å². The van der Waals surface area contributed by atoms with Gasteiger partial charge in [-0.1, -0.05) is 55.0 Å². The fourth-order valence-electron chi connectivity index (χ4n) is 5.31. The molecule has 0 saturated heterocycles. The third kappa shape index (κ3) is 5.41. The van der Waals surface area contributed by atoms with E-state index < -0.39 is 17.6 Å². The van der Waals surface area contributed by atoms with E-state index in [-0.39, 0.29) is 43.2 Å². The molecule has 0 aromatic heterocycles. The van der Waals surface area contributed by atoms with E-state index in [0.717, 1.165) is 41.5 Å². The average molecular weight is 465 g/mol. The molecular weight excluding hydrogens is 432 g/mol. The maximum atomic E-state index is 12.6. The highest BCUT2D eigenvalue weighted by molar-refractivity contribution is 5.80. The minimum absolute atomic E-state index is 0.0295. The van der Waals surface area contributed by atoms with Crippen molar-refractivity contribution in [1.29, 1.82) is 0 Å². The van der Waals surface area contributed by atoms with Gasteiger partial charge in [-0.25, -0.2) is 4.79 Å². The topological polar surface area (TPSA) is 105 Å². The number of carbonyl (C=O) groups is 3. The van der Waals surface area contributed by atoms with Crippen LogP contribution in [0.2, 0.25) is 0 Å². The molecule has 1 fully saturated rings. The van der Waals surface area contributed by atoms with Crippen LogP contribution < -0.4 is 10.6 Å². The first-order valence-electron chi connectivity index (χ1n) is 11.9. The summed E-state index contributed by atoms with van der Waals surface area (Å²) >= 11 is 0. The molecule has 0 radical (unpaired) electrons. The average Bonchev–Trinajstić information content (AvgIpc) is 3.33. The summed E-state index contributed by atoms with van der Waals surface area (Å²) in [6.45, 7) is 3.76. The zero-order valence-electron chi connectivity index (χ0n) is 19.7. The zero-order valence-corrected chi connectivity index (χ0v) is 19.7. The molecule has 1 saturated carbocycles. The number of carboxylic acids is 1. The van der Waals surface area contributed by atoms with Crippen LogP contribution in [0, 0.1) is 5.92 Å². The van der Waals surface area contributed by atoms with Crippen molar-refractivity contribution in [2.75, 3.05) is 6.61 Å². The van der Waals surface area contributed by atoms with Crippen LogP contribution in [0.5, 0.6) is 0 Å². The number of hydrogen-bond donors (Lipinski definition) is 3. The highest BCUT2D eigenvalue weighted by atomic mass is 16.5. The fraction of sp³-hybridized carbons (Fsp3) is 0.444. The van der Waals surface area contributed by atoms with Gasteiger partial charge in [0.15, 0.2) is 0 Å². The number of alkyl carbamates (subject to hydrolysis) is 1. The lowest BCUT2D eigenvalue weighted by atomic mass is 9.97. The molecule has 0 heterocycles. The molecule has 2 aromatic rings. The monoisotopic (exact) mass is 464 g/mol. The van der Waals surface area contributed by atoms with Gasteiger partial charge in [0.2, 0.25) is 5.91 Å². The molecule has 180 valence electrons. The number of aliphatic carboxylic acids is 1. The van der Waals surface area contributed by atoms with E-state index in [1.807, 2.05) is 24.3 Å². The second kappa shape index (κ2) is 9.87. The molecule has 2 aliphatic rings. The molecule has 0 spiro atoms. The molecule has 7 nitrogen and oxygen atoms in total. The number of amides is 2. The third-order valence-electron chi connectivity index (χ3n) is 6.83.